The molecule has 80 valence electrons. The molecule has 1 saturated carbocycles. The Kier molecular flexibility index (Phi) is 3.06. The summed E-state index contributed by atoms with van der Waals surface area (Å²) < 4.78 is 0. The predicted molar refractivity (Wildman–Crippen MR) is 56.1 cm³/mol. The summed E-state index contributed by atoms with van der Waals surface area (Å²) in [6, 6.07) is 1.23. The second kappa shape index (κ2) is 4.30. The number of hydrogen-bond donors (Lipinski definition) is 1. The minimum atomic E-state index is 0.387. The fourth-order valence-electron chi connectivity index (χ4n) is 2.73. The van der Waals surface area contributed by atoms with Gasteiger partial charge in [-0.1, -0.05) is 0 Å². The molecule has 3 heteroatoms. The highest BCUT2D eigenvalue weighted by atomic mass is 16.2. The van der Waals surface area contributed by atoms with Crippen LogP contribution in [0, 0.1) is 0 Å². The third-order valence-corrected chi connectivity index (χ3v) is 3.66. The molecular formula is C11H20N2O. The van der Waals surface area contributed by atoms with Crippen LogP contribution in [0.4, 0.5) is 0 Å². The van der Waals surface area contributed by atoms with Crippen molar-refractivity contribution in [1.29, 1.82) is 0 Å². The third-order valence-electron chi connectivity index (χ3n) is 3.66. The highest BCUT2D eigenvalue weighted by molar-refractivity contribution is 5.78. The molecule has 2 fully saturated rings. The van der Waals surface area contributed by atoms with E-state index in [1.807, 2.05) is 7.05 Å². The quantitative estimate of drug-likeness (QED) is 0.718. The summed E-state index contributed by atoms with van der Waals surface area (Å²) in [6.07, 6.45) is 6.70. The maximum atomic E-state index is 11.5. The minimum absolute atomic E-state index is 0.387. The third kappa shape index (κ3) is 1.92. The largest absolute Gasteiger partial charge is 0.340 e. The number of hydrogen-bond acceptors (Lipinski definition) is 2. The van der Waals surface area contributed by atoms with Crippen molar-refractivity contribution in [3.63, 3.8) is 0 Å². The molecule has 0 unspecified atom stereocenters. The molecule has 0 atom stereocenters. The Labute approximate surface area is 85.8 Å². The van der Waals surface area contributed by atoms with Crippen molar-refractivity contribution in [3.05, 3.63) is 0 Å². The molecule has 14 heavy (non-hydrogen) atoms. The lowest BCUT2D eigenvalue weighted by molar-refractivity contribution is -0.130. The standard InChI is InChI=1S/C11H20N2O/c1-12-9-4-6-10(7-5-9)13-8-2-3-11(13)14/h9-10,12H,2-8H2,1H3/t9-,10+. The van der Waals surface area contributed by atoms with Crippen LogP contribution in [0.15, 0.2) is 0 Å². The van der Waals surface area contributed by atoms with Gasteiger partial charge in [0.1, 0.15) is 0 Å². The first kappa shape index (κ1) is 9.97. The molecule has 1 heterocycles. The summed E-state index contributed by atoms with van der Waals surface area (Å²) in [7, 11) is 2.03. The maximum absolute atomic E-state index is 11.5. The lowest BCUT2D eigenvalue weighted by Crippen LogP contribution is -2.42. The molecule has 0 spiro atoms. The van der Waals surface area contributed by atoms with Crippen molar-refractivity contribution < 1.29 is 4.79 Å². The molecule has 0 aromatic rings. The summed E-state index contributed by atoms with van der Waals surface area (Å²) in [5, 5.41) is 3.32. The van der Waals surface area contributed by atoms with Gasteiger partial charge < -0.3 is 10.2 Å². The minimum Gasteiger partial charge on any atom is -0.340 e. The molecule has 1 aliphatic carbocycles. The van der Waals surface area contributed by atoms with Gasteiger partial charge in [-0.3, -0.25) is 4.79 Å². The summed E-state index contributed by atoms with van der Waals surface area (Å²) in [4.78, 5) is 13.7. The molecular weight excluding hydrogens is 176 g/mol. The van der Waals surface area contributed by atoms with Crippen molar-refractivity contribution in [3.8, 4) is 0 Å². The molecule has 1 amide bonds. The number of amides is 1. The Bertz CT molecular complexity index is 209. The van der Waals surface area contributed by atoms with Crippen LogP contribution in [0.1, 0.15) is 38.5 Å². The average Bonchev–Trinajstić information content (AvgIpc) is 2.65. The fraction of sp³-hybridized carbons (Fsp3) is 0.909. The van der Waals surface area contributed by atoms with Crippen LogP contribution >= 0.6 is 0 Å². The van der Waals surface area contributed by atoms with E-state index in [1.165, 1.54) is 25.7 Å². The van der Waals surface area contributed by atoms with Crippen LogP contribution < -0.4 is 5.32 Å². The number of carbonyl (C=O) groups is 1. The normalized spacial score (nSPS) is 33.8. The molecule has 0 aromatic carbocycles. The van der Waals surface area contributed by atoms with E-state index in [4.69, 9.17) is 0 Å². The molecule has 0 aromatic heterocycles. The van der Waals surface area contributed by atoms with Gasteiger partial charge in [-0.25, -0.2) is 0 Å². The zero-order valence-corrected chi connectivity index (χ0v) is 8.96. The Morgan fingerprint density at radius 1 is 1.29 bits per heavy atom. The number of nitrogens with one attached hydrogen (secondary N) is 1. The van der Waals surface area contributed by atoms with E-state index < -0.39 is 0 Å². The van der Waals surface area contributed by atoms with Crippen molar-refractivity contribution in [2.24, 2.45) is 0 Å². The second-order valence-corrected chi connectivity index (χ2v) is 4.48. The molecule has 1 N–H and O–H groups in total. The lowest BCUT2D eigenvalue weighted by Gasteiger charge is -2.34. The molecule has 0 radical (unpaired) electrons. The van der Waals surface area contributed by atoms with Crippen LogP contribution in [0.5, 0.6) is 0 Å². The van der Waals surface area contributed by atoms with Gasteiger partial charge in [0.05, 0.1) is 0 Å². The molecule has 1 saturated heterocycles. The first-order chi connectivity index (χ1) is 6.81. The first-order valence-electron chi connectivity index (χ1n) is 5.78. The molecule has 2 aliphatic rings. The zero-order valence-electron chi connectivity index (χ0n) is 8.96. The molecule has 3 nitrogen and oxygen atoms in total. The van der Waals surface area contributed by atoms with Crippen LogP contribution in [-0.2, 0) is 4.79 Å². The molecule has 0 bridgehead atoms. The van der Waals surface area contributed by atoms with E-state index in [2.05, 4.69) is 10.2 Å². The van der Waals surface area contributed by atoms with Gasteiger partial charge in [0.2, 0.25) is 5.91 Å². The Morgan fingerprint density at radius 3 is 2.50 bits per heavy atom. The van der Waals surface area contributed by atoms with Crippen molar-refractivity contribution in [2.75, 3.05) is 13.6 Å². The summed E-state index contributed by atoms with van der Waals surface area (Å²) in [5.41, 5.74) is 0. The summed E-state index contributed by atoms with van der Waals surface area (Å²) in [5.74, 6) is 0.387. The highest BCUT2D eigenvalue weighted by Gasteiger charge is 2.30. The predicted octanol–water partition coefficient (Wildman–Crippen LogP) is 1.14. The first-order valence-corrected chi connectivity index (χ1v) is 5.78. The van der Waals surface area contributed by atoms with E-state index in [0.717, 1.165) is 19.4 Å². The Balaban J connectivity index is 1.85. The number of likely N-dealkylation sites (tertiary alicyclic amines) is 1. The maximum Gasteiger partial charge on any atom is 0.222 e. The van der Waals surface area contributed by atoms with Crippen LogP contribution in [0.25, 0.3) is 0 Å². The van der Waals surface area contributed by atoms with E-state index >= 15 is 0 Å². The smallest absolute Gasteiger partial charge is 0.222 e. The number of rotatable bonds is 2. The van der Waals surface area contributed by atoms with Crippen molar-refractivity contribution in [2.45, 2.75) is 50.6 Å². The van der Waals surface area contributed by atoms with Gasteiger partial charge in [-0.05, 0) is 39.2 Å². The van der Waals surface area contributed by atoms with Crippen LogP contribution in [0.3, 0.4) is 0 Å². The van der Waals surface area contributed by atoms with Gasteiger partial charge in [0, 0.05) is 25.0 Å². The highest BCUT2D eigenvalue weighted by Crippen LogP contribution is 2.26. The Morgan fingerprint density at radius 2 is 2.00 bits per heavy atom. The average molecular weight is 196 g/mol. The van der Waals surface area contributed by atoms with E-state index in [1.54, 1.807) is 0 Å². The SMILES string of the molecule is CN[C@H]1CC[C@@H](N2CCCC2=O)CC1. The fourth-order valence-corrected chi connectivity index (χ4v) is 2.73. The van der Waals surface area contributed by atoms with Gasteiger partial charge in [0.25, 0.3) is 0 Å². The number of carbonyl (C=O) groups excluding carboxylic acids is 1. The number of nitrogens with zero attached hydrogens (tertiary/aromatic N) is 1. The monoisotopic (exact) mass is 196 g/mol. The molecule has 1 aliphatic heterocycles. The topological polar surface area (TPSA) is 32.3 Å². The van der Waals surface area contributed by atoms with E-state index in [9.17, 15) is 4.79 Å². The zero-order chi connectivity index (χ0) is 9.97. The van der Waals surface area contributed by atoms with Crippen molar-refractivity contribution >= 4 is 5.91 Å². The van der Waals surface area contributed by atoms with E-state index in [-0.39, 0.29) is 0 Å². The van der Waals surface area contributed by atoms with Gasteiger partial charge in [0.15, 0.2) is 0 Å². The van der Waals surface area contributed by atoms with Gasteiger partial charge >= 0.3 is 0 Å². The van der Waals surface area contributed by atoms with Gasteiger partial charge in [-0.15, -0.1) is 0 Å². The van der Waals surface area contributed by atoms with Gasteiger partial charge in [-0.2, -0.15) is 0 Å². The summed E-state index contributed by atoms with van der Waals surface area (Å²) in [6.45, 7) is 1.01. The van der Waals surface area contributed by atoms with Crippen LogP contribution in [-0.4, -0.2) is 36.5 Å². The summed E-state index contributed by atoms with van der Waals surface area (Å²) >= 11 is 0. The van der Waals surface area contributed by atoms with Crippen LogP contribution in [0.2, 0.25) is 0 Å². The van der Waals surface area contributed by atoms with Crippen molar-refractivity contribution in [1.82, 2.24) is 10.2 Å². The molecule has 2 rings (SSSR count). The van der Waals surface area contributed by atoms with E-state index in [0.29, 0.717) is 18.0 Å². The lowest BCUT2D eigenvalue weighted by atomic mass is 9.90. The second-order valence-electron chi connectivity index (χ2n) is 4.48. The Hall–Kier alpha value is -0.570.